The molecule has 1 aromatic rings. The maximum atomic E-state index is 10.3. The Kier molecular flexibility index (Phi) is 4.95. The zero-order valence-electron chi connectivity index (χ0n) is 11.1. The number of carboxylic acids is 1. The Labute approximate surface area is 108 Å². The molecule has 0 saturated carbocycles. The van der Waals surface area contributed by atoms with Crippen molar-refractivity contribution >= 4 is 5.97 Å². The van der Waals surface area contributed by atoms with Crippen LogP contribution in [0.1, 0.15) is 32.8 Å². The maximum absolute atomic E-state index is 10.3. The van der Waals surface area contributed by atoms with Crippen LogP contribution in [0.25, 0.3) is 0 Å². The van der Waals surface area contributed by atoms with E-state index in [1.807, 2.05) is 12.1 Å². The van der Waals surface area contributed by atoms with Gasteiger partial charge >= 0.3 is 5.97 Å². The van der Waals surface area contributed by atoms with Crippen molar-refractivity contribution < 1.29 is 14.6 Å². The zero-order valence-corrected chi connectivity index (χ0v) is 11.1. The predicted molar refractivity (Wildman–Crippen MR) is 72.0 cm³/mol. The summed E-state index contributed by atoms with van der Waals surface area (Å²) >= 11 is 0. The number of aliphatic carboxylic acids is 1. The first-order chi connectivity index (χ1) is 8.45. The smallest absolute Gasteiger partial charge is 0.328 e. The second-order valence-corrected chi connectivity index (χ2v) is 4.81. The highest BCUT2D eigenvalue weighted by Gasteiger charge is 2.17. The molecule has 0 saturated heterocycles. The summed E-state index contributed by atoms with van der Waals surface area (Å²) in [5.41, 5.74) is 1.44. The average Bonchev–Trinajstić information content (AvgIpc) is 2.35. The fourth-order valence-corrected chi connectivity index (χ4v) is 1.50. The predicted octanol–water partition coefficient (Wildman–Crippen LogP) is 3.39. The Hall–Kier alpha value is -1.77. The summed E-state index contributed by atoms with van der Waals surface area (Å²) in [4.78, 5) is 10.3. The summed E-state index contributed by atoms with van der Waals surface area (Å²) in [5, 5.41) is 8.42. The molecular formula is C15H20O3. The molecule has 0 aliphatic heterocycles. The molecule has 0 aliphatic carbocycles. The first-order valence-electron chi connectivity index (χ1n) is 6.08. The van der Waals surface area contributed by atoms with Gasteiger partial charge in [0.1, 0.15) is 12.4 Å². The highest BCUT2D eigenvalue weighted by molar-refractivity contribution is 5.79. The van der Waals surface area contributed by atoms with Gasteiger partial charge in [-0.2, -0.15) is 0 Å². The number of hydrogen-bond acceptors (Lipinski definition) is 2. The summed E-state index contributed by atoms with van der Waals surface area (Å²) in [7, 11) is 0. The summed E-state index contributed by atoms with van der Waals surface area (Å²) in [6.45, 7) is 6.85. The Balaban J connectivity index is 2.58. The summed E-state index contributed by atoms with van der Waals surface area (Å²) in [6, 6.07) is 7.95. The van der Waals surface area contributed by atoms with Crippen molar-refractivity contribution in [1.29, 1.82) is 0 Å². The van der Waals surface area contributed by atoms with Crippen LogP contribution in [0.3, 0.4) is 0 Å². The van der Waals surface area contributed by atoms with Crippen molar-refractivity contribution in [2.45, 2.75) is 32.6 Å². The van der Waals surface area contributed by atoms with Gasteiger partial charge in [0.25, 0.3) is 0 Å². The van der Waals surface area contributed by atoms with Crippen LogP contribution >= 0.6 is 0 Å². The second kappa shape index (κ2) is 6.24. The van der Waals surface area contributed by atoms with Gasteiger partial charge in [0.05, 0.1) is 0 Å². The number of ether oxygens (including phenoxy) is 1. The monoisotopic (exact) mass is 248 g/mol. The lowest BCUT2D eigenvalue weighted by Crippen LogP contribution is -2.15. The minimum Gasteiger partial charge on any atom is -0.490 e. The van der Waals surface area contributed by atoms with Gasteiger partial charge in [0, 0.05) is 6.08 Å². The van der Waals surface area contributed by atoms with E-state index in [4.69, 9.17) is 9.84 Å². The Morgan fingerprint density at radius 3 is 2.44 bits per heavy atom. The van der Waals surface area contributed by atoms with Gasteiger partial charge in [-0.25, -0.2) is 4.79 Å². The molecule has 0 amide bonds. The standard InChI is InChI=1S/C15H20O3/c1-4-15(2,3)12-7-9-13(10-8-12)18-11-5-6-14(16)17/h5-10H,4,11H2,1-3H3,(H,16,17). The van der Waals surface area contributed by atoms with E-state index in [1.54, 1.807) is 0 Å². The minimum atomic E-state index is -0.960. The lowest BCUT2D eigenvalue weighted by molar-refractivity contribution is -0.131. The maximum Gasteiger partial charge on any atom is 0.328 e. The SMILES string of the molecule is CCC(C)(C)c1ccc(OCC=CC(=O)O)cc1. The highest BCUT2D eigenvalue weighted by atomic mass is 16.5. The largest absolute Gasteiger partial charge is 0.490 e. The van der Waals surface area contributed by atoms with Gasteiger partial charge in [-0.1, -0.05) is 32.9 Å². The third kappa shape index (κ3) is 4.24. The molecule has 0 heterocycles. The second-order valence-electron chi connectivity index (χ2n) is 4.81. The molecule has 0 fully saturated rings. The molecule has 0 spiro atoms. The van der Waals surface area contributed by atoms with Crippen molar-refractivity contribution in [3.05, 3.63) is 42.0 Å². The lowest BCUT2D eigenvalue weighted by atomic mass is 9.82. The number of hydrogen-bond donors (Lipinski definition) is 1. The minimum absolute atomic E-state index is 0.168. The third-order valence-electron chi connectivity index (χ3n) is 3.13. The fraction of sp³-hybridized carbons (Fsp3) is 0.400. The van der Waals surface area contributed by atoms with Gasteiger partial charge < -0.3 is 9.84 Å². The van der Waals surface area contributed by atoms with Crippen LogP contribution in [0.15, 0.2) is 36.4 Å². The van der Waals surface area contributed by atoms with Crippen molar-refractivity contribution in [2.24, 2.45) is 0 Å². The summed E-state index contributed by atoms with van der Waals surface area (Å²) < 4.78 is 5.41. The van der Waals surface area contributed by atoms with Crippen molar-refractivity contribution in [2.75, 3.05) is 6.61 Å². The van der Waals surface area contributed by atoms with E-state index in [2.05, 4.69) is 32.9 Å². The molecule has 0 unspecified atom stereocenters. The summed E-state index contributed by atoms with van der Waals surface area (Å²) in [6.07, 6.45) is 3.63. The van der Waals surface area contributed by atoms with E-state index >= 15 is 0 Å². The molecule has 1 rings (SSSR count). The molecule has 98 valence electrons. The highest BCUT2D eigenvalue weighted by Crippen LogP contribution is 2.27. The Morgan fingerprint density at radius 1 is 1.33 bits per heavy atom. The van der Waals surface area contributed by atoms with E-state index in [-0.39, 0.29) is 12.0 Å². The lowest BCUT2D eigenvalue weighted by Gasteiger charge is -2.23. The molecule has 0 radical (unpaired) electrons. The average molecular weight is 248 g/mol. The van der Waals surface area contributed by atoms with Crippen LogP contribution < -0.4 is 4.74 Å². The van der Waals surface area contributed by atoms with Crippen LogP contribution in [0.4, 0.5) is 0 Å². The molecule has 3 nitrogen and oxygen atoms in total. The molecular weight excluding hydrogens is 228 g/mol. The van der Waals surface area contributed by atoms with Crippen LogP contribution in [0.5, 0.6) is 5.75 Å². The molecule has 1 aromatic carbocycles. The van der Waals surface area contributed by atoms with Gasteiger partial charge in [-0.05, 0) is 35.6 Å². The Morgan fingerprint density at radius 2 is 1.94 bits per heavy atom. The van der Waals surface area contributed by atoms with E-state index in [0.29, 0.717) is 0 Å². The Bertz CT molecular complexity index is 416. The van der Waals surface area contributed by atoms with Gasteiger partial charge in [0.15, 0.2) is 0 Å². The van der Waals surface area contributed by atoms with E-state index in [0.717, 1.165) is 18.2 Å². The normalized spacial score (nSPS) is 11.7. The molecule has 0 aromatic heterocycles. The summed E-state index contributed by atoms with van der Waals surface area (Å²) in [5.74, 6) is -0.209. The number of benzene rings is 1. The molecule has 1 N–H and O–H groups in total. The zero-order chi connectivity index (χ0) is 13.6. The van der Waals surface area contributed by atoms with Crippen molar-refractivity contribution in [1.82, 2.24) is 0 Å². The first kappa shape index (κ1) is 14.3. The fourth-order valence-electron chi connectivity index (χ4n) is 1.50. The van der Waals surface area contributed by atoms with Crippen LogP contribution in [-0.2, 0) is 10.2 Å². The third-order valence-corrected chi connectivity index (χ3v) is 3.13. The van der Waals surface area contributed by atoms with Crippen LogP contribution in [-0.4, -0.2) is 17.7 Å². The number of rotatable bonds is 6. The van der Waals surface area contributed by atoms with Gasteiger partial charge in [-0.3, -0.25) is 0 Å². The molecule has 18 heavy (non-hydrogen) atoms. The molecule has 0 bridgehead atoms. The topological polar surface area (TPSA) is 46.5 Å². The van der Waals surface area contributed by atoms with E-state index in [1.165, 1.54) is 11.6 Å². The molecule has 0 atom stereocenters. The van der Waals surface area contributed by atoms with Gasteiger partial charge in [0.2, 0.25) is 0 Å². The number of carbonyl (C=O) groups is 1. The van der Waals surface area contributed by atoms with E-state index in [9.17, 15) is 4.79 Å². The quantitative estimate of drug-likeness (QED) is 0.785. The van der Waals surface area contributed by atoms with Crippen molar-refractivity contribution in [3.8, 4) is 5.75 Å². The van der Waals surface area contributed by atoms with Gasteiger partial charge in [-0.15, -0.1) is 0 Å². The molecule has 3 heteroatoms. The van der Waals surface area contributed by atoms with E-state index < -0.39 is 5.97 Å². The molecule has 0 aliphatic rings. The first-order valence-corrected chi connectivity index (χ1v) is 6.08. The number of carboxylic acid groups (broad SMARTS) is 1. The van der Waals surface area contributed by atoms with Crippen molar-refractivity contribution in [3.63, 3.8) is 0 Å². The van der Waals surface area contributed by atoms with Crippen LogP contribution in [0, 0.1) is 0 Å². The van der Waals surface area contributed by atoms with Crippen LogP contribution in [0.2, 0.25) is 0 Å².